The smallest absolute Gasteiger partial charge is 0.150 e. The Bertz CT molecular complexity index is 370. The lowest BCUT2D eigenvalue weighted by Crippen LogP contribution is -2.21. The molecular weight excluding hydrogens is 207 g/mol. The molecule has 4 heteroatoms. The lowest BCUT2D eigenvalue weighted by molar-refractivity contribution is 0.219. The molecule has 1 saturated heterocycles. The SMILES string of the molecule is Nc1cccc(CN2CCC(CO)C2)c1F. The number of nitrogen functional groups attached to an aromatic ring is 1. The van der Waals surface area contributed by atoms with Gasteiger partial charge >= 0.3 is 0 Å². The van der Waals surface area contributed by atoms with Crippen molar-refractivity contribution >= 4 is 5.69 Å². The van der Waals surface area contributed by atoms with E-state index in [2.05, 4.69) is 4.90 Å². The van der Waals surface area contributed by atoms with Crippen molar-refractivity contribution in [3.05, 3.63) is 29.6 Å². The number of hydrogen-bond donors (Lipinski definition) is 2. The Labute approximate surface area is 94.7 Å². The zero-order valence-electron chi connectivity index (χ0n) is 9.19. The normalized spacial score (nSPS) is 21.5. The van der Waals surface area contributed by atoms with Gasteiger partial charge in [0, 0.05) is 25.3 Å². The van der Waals surface area contributed by atoms with Crippen LogP contribution in [0.2, 0.25) is 0 Å². The molecule has 2 rings (SSSR count). The van der Waals surface area contributed by atoms with E-state index < -0.39 is 0 Å². The van der Waals surface area contributed by atoms with Gasteiger partial charge < -0.3 is 10.8 Å². The molecule has 1 unspecified atom stereocenters. The zero-order chi connectivity index (χ0) is 11.5. The maximum absolute atomic E-state index is 13.6. The minimum Gasteiger partial charge on any atom is -0.396 e. The van der Waals surface area contributed by atoms with E-state index in [1.54, 1.807) is 18.2 Å². The summed E-state index contributed by atoms with van der Waals surface area (Å²) in [4.78, 5) is 2.15. The number of hydrogen-bond acceptors (Lipinski definition) is 3. The summed E-state index contributed by atoms with van der Waals surface area (Å²) in [5.74, 6) is 0.0269. The summed E-state index contributed by atoms with van der Waals surface area (Å²) in [7, 11) is 0. The van der Waals surface area contributed by atoms with Crippen LogP contribution in [0.3, 0.4) is 0 Å². The monoisotopic (exact) mass is 224 g/mol. The van der Waals surface area contributed by atoms with Crippen molar-refractivity contribution < 1.29 is 9.50 Å². The molecule has 88 valence electrons. The first-order chi connectivity index (χ1) is 7.70. The number of aliphatic hydroxyl groups is 1. The third-order valence-corrected chi connectivity index (χ3v) is 3.13. The molecule has 0 aliphatic carbocycles. The lowest BCUT2D eigenvalue weighted by atomic mass is 10.1. The minimum atomic E-state index is -0.310. The first-order valence-corrected chi connectivity index (χ1v) is 5.56. The van der Waals surface area contributed by atoms with Crippen LogP contribution >= 0.6 is 0 Å². The van der Waals surface area contributed by atoms with Gasteiger partial charge in [0.1, 0.15) is 0 Å². The molecule has 0 amide bonds. The average molecular weight is 224 g/mol. The Morgan fingerprint density at radius 1 is 1.50 bits per heavy atom. The van der Waals surface area contributed by atoms with E-state index in [1.807, 2.05) is 0 Å². The van der Waals surface area contributed by atoms with E-state index in [-0.39, 0.29) is 18.1 Å². The highest BCUT2D eigenvalue weighted by atomic mass is 19.1. The van der Waals surface area contributed by atoms with Crippen LogP contribution in [0.4, 0.5) is 10.1 Å². The average Bonchev–Trinajstić information content (AvgIpc) is 2.73. The van der Waals surface area contributed by atoms with Crippen molar-refractivity contribution in [2.24, 2.45) is 5.92 Å². The summed E-state index contributed by atoms with van der Waals surface area (Å²) in [5.41, 5.74) is 6.36. The van der Waals surface area contributed by atoms with Crippen molar-refractivity contribution in [2.45, 2.75) is 13.0 Å². The van der Waals surface area contributed by atoms with Crippen LogP contribution in [-0.4, -0.2) is 29.7 Å². The number of anilines is 1. The summed E-state index contributed by atoms with van der Waals surface area (Å²) in [6.45, 7) is 2.55. The van der Waals surface area contributed by atoms with Gasteiger partial charge in [-0.2, -0.15) is 0 Å². The van der Waals surface area contributed by atoms with Crippen molar-refractivity contribution in [3.63, 3.8) is 0 Å². The maximum Gasteiger partial charge on any atom is 0.150 e. The molecule has 0 spiro atoms. The number of nitrogens with two attached hydrogens (primary N) is 1. The second kappa shape index (κ2) is 4.80. The molecule has 1 aromatic carbocycles. The molecule has 3 nitrogen and oxygen atoms in total. The molecule has 0 aromatic heterocycles. The molecular formula is C12H17FN2O. The number of aliphatic hydroxyl groups excluding tert-OH is 1. The Kier molecular flexibility index (Phi) is 3.41. The van der Waals surface area contributed by atoms with Gasteiger partial charge in [-0.3, -0.25) is 4.90 Å². The molecule has 0 saturated carbocycles. The predicted octanol–water partition coefficient (Wildman–Crippen LogP) is 1.22. The molecule has 0 bridgehead atoms. The Morgan fingerprint density at radius 2 is 2.31 bits per heavy atom. The fourth-order valence-corrected chi connectivity index (χ4v) is 2.17. The summed E-state index contributed by atoms with van der Waals surface area (Å²) >= 11 is 0. The van der Waals surface area contributed by atoms with Gasteiger partial charge in [-0.15, -0.1) is 0 Å². The van der Waals surface area contributed by atoms with Crippen molar-refractivity contribution in [1.29, 1.82) is 0 Å². The Balaban J connectivity index is 2.02. The van der Waals surface area contributed by atoms with E-state index >= 15 is 0 Å². The van der Waals surface area contributed by atoms with Crippen LogP contribution in [0.25, 0.3) is 0 Å². The van der Waals surface area contributed by atoms with Gasteiger partial charge in [-0.05, 0) is 24.9 Å². The number of nitrogens with zero attached hydrogens (tertiary/aromatic N) is 1. The number of benzene rings is 1. The Hall–Kier alpha value is -1.13. The summed E-state index contributed by atoms with van der Waals surface area (Å²) < 4.78 is 13.6. The number of likely N-dealkylation sites (tertiary alicyclic amines) is 1. The van der Waals surface area contributed by atoms with E-state index in [0.29, 0.717) is 18.0 Å². The van der Waals surface area contributed by atoms with Crippen LogP contribution in [0, 0.1) is 11.7 Å². The van der Waals surface area contributed by atoms with Crippen molar-refractivity contribution in [1.82, 2.24) is 4.90 Å². The van der Waals surface area contributed by atoms with Crippen LogP contribution in [-0.2, 0) is 6.54 Å². The van der Waals surface area contributed by atoms with Gasteiger partial charge in [0.15, 0.2) is 5.82 Å². The van der Waals surface area contributed by atoms with Gasteiger partial charge in [0.05, 0.1) is 5.69 Å². The number of halogens is 1. The fourth-order valence-electron chi connectivity index (χ4n) is 2.17. The molecule has 16 heavy (non-hydrogen) atoms. The molecule has 1 heterocycles. The highest BCUT2D eigenvalue weighted by Crippen LogP contribution is 2.21. The van der Waals surface area contributed by atoms with Crippen LogP contribution in [0.15, 0.2) is 18.2 Å². The standard InChI is InChI=1S/C12H17FN2O/c13-12-10(2-1-3-11(12)14)7-15-5-4-9(6-15)8-16/h1-3,9,16H,4-8,14H2. The molecule has 1 aromatic rings. The molecule has 0 radical (unpaired) electrons. The van der Waals surface area contributed by atoms with E-state index in [9.17, 15) is 4.39 Å². The summed E-state index contributed by atoms with van der Waals surface area (Å²) in [5, 5.41) is 9.03. The number of rotatable bonds is 3. The highest BCUT2D eigenvalue weighted by molar-refractivity contribution is 5.42. The van der Waals surface area contributed by atoms with E-state index in [1.165, 1.54) is 0 Å². The van der Waals surface area contributed by atoms with Crippen LogP contribution < -0.4 is 5.73 Å². The van der Waals surface area contributed by atoms with Gasteiger partial charge in [0.2, 0.25) is 0 Å². The summed E-state index contributed by atoms with van der Waals surface area (Å²) in [6.07, 6.45) is 0.987. The predicted molar refractivity (Wildman–Crippen MR) is 61.3 cm³/mol. The van der Waals surface area contributed by atoms with E-state index in [0.717, 1.165) is 19.5 Å². The van der Waals surface area contributed by atoms with Gasteiger partial charge in [-0.1, -0.05) is 12.1 Å². The summed E-state index contributed by atoms with van der Waals surface area (Å²) in [6, 6.07) is 5.10. The molecule has 1 fully saturated rings. The maximum atomic E-state index is 13.6. The molecule has 3 N–H and O–H groups in total. The van der Waals surface area contributed by atoms with Crippen molar-refractivity contribution in [2.75, 3.05) is 25.4 Å². The quantitative estimate of drug-likeness (QED) is 0.759. The molecule has 1 atom stereocenters. The van der Waals surface area contributed by atoms with Gasteiger partial charge in [-0.25, -0.2) is 4.39 Å². The first-order valence-electron chi connectivity index (χ1n) is 5.56. The second-order valence-electron chi connectivity index (χ2n) is 4.39. The minimum absolute atomic E-state index is 0.204. The zero-order valence-corrected chi connectivity index (χ0v) is 9.19. The van der Waals surface area contributed by atoms with E-state index in [4.69, 9.17) is 10.8 Å². The third-order valence-electron chi connectivity index (χ3n) is 3.13. The second-order valence-corrected chi connectivity index (χ2v) is 4.39. The first kappa shape index (κ1) is 11.4. The molecule has 1 aliphatic rings. The largest absolute Gasteiger partial charge is 0.396 e. The lowest BCUT2D eigenvalue weighted by Gasteiger charge is -2.16. The molecule has 1 aliphatic heterocycles. The fraction of sp³-hybridized carbons (Fsp3) is 0.500. The highest BCUT2D eigenvalue weighted by Gasteiger charge is 2.22. The topological polar surface area (TPSA) is 49.5 Å². The van der Waals surface area contributed by atoms with Gasteiger partial charge in [0.25, 0.3) is 0 Å². The van der Waals surface area contributed by atoms with Crippen molar-refractivity contribution in [3.8, 4) is 0 Å². The van der Waals surface area contributed by atoms with Crippen LogP contribution in [0.5, 0.6) is 0 Å². The Morgan fingerprint density at radius 3 is 3.00 bits per heavy atom. The van der Waals surface area contributed by atoms with Crippen LogP contribution in [0.1, 0.15) is 12.0 Å². The third kappa shape index (κ3) is 2.33.